The van der Waals surface area contributed by atoms with Crippen molar-refractivity contribution < 1.29 is 14.3 Å². The molecule has 120 valence electrons. The van der Waals surface area contributed by atoms with Crippen LogP contribution < -0.4 is 5.32 Å². The van der Waals surface area contributed by atoms with Crippen LogP contribution >= 0.6 is 11.6 Å². The summed E-state index contributed by atoms with van der Waals surface area (Å²) in [5, 5.41) is 3.69. The van der Waals surface area contributed by atoms with Crippen molar-refractivity contribution in [2.45, 2.75) is 6.92 Å². The smallest absolute Gasteiger partial charge is 0.255 e. The first kappa shape index (κ1) is 15.5. The molecule has 3 rings (SSSR count). The minimum absolute atomic E-state index is 0.0522. The number of hydrogen-bond donors (Lipinski definition) is 1. The van der Waals surface area contributed by atoms with Crippen LogP contribution in [0.1, 0.15) is 17.3 Å². The lowest BCUT2D eigenvalue weighted by atomic mass is 9.89. The van der Waals surface area contributed by atoms with Crippen LogP contribution in [0, 0.1) is 5.41 Å². The summed E-state index contributed by atoms with van der Waals surface area (Å²) in [5.41, 5.74) is 0.642. The quantitative estimate of drug-likeness (QED) is 0.912. The summed E-state index contributed by atoms with van der Waals surface area (Å²) in [6, 6.07) is 1.67. The molecule has 2 saturated heterocycles. The van der Waals surface area contributed by atoms with Crippen LogP contribution in [0.25, 0.3) is 0 Å². The molecule has 3 heterocycles. The molecule has 2 fully saturated rings. The van der Waals surface area contributed by atoms with Crippen molar-refractivity contribution in [3.8, 4) is 0 Å². The number of carbonyl (C=O) groups is 1. The Morgan fingerprint density at radius 3 is 2.73 bits per heavy atom. The molecule has 0 radical (unpaired) electrons. The highest BCUT2D eigenvalue weighted by molar-refractivity contribution is 6.33. The number of carbonyl (C=O) groups excluding carboxylic acids is 1. The van der Waals surface area contributed by atoms with E-state index in [0.29, 0.717) is 42.7 Å². The van der Waals surface area contributed by atoms with E-state index >= 15 is 0 Å². The first-order valence-corrected chi connectivity index (χ1v) is 7.79. The van der Waals surface area contributed by atoms with Crippen molar-refractivity contribution in [2.75, 3.05) is 51.4 Å². The Morgan fingerprint density at radius 2 is 2.14 bits per heavy atom. The largest absolute Gasteiger partial charge is 0.380 e. The van der Waals surface area contributed by atoms with Crippen molar-refractivity contribution in [1.82, 2.24) is 9.88 Å². The Hall–Kier alpha value is -1.37. The van der Waals surface area contributed by atoms with Crippen LogP contribution in [0.5, 0.6) is 0 Å². The molecule has 0 saturated carbocycles. The van der Waals surface area contributed by atoms with E-state index < -0.39 is 0 Å². The Labute approximate surface area is 134 Å². The molecule has 1 amide bonds. The predicted octanol–water partition coefficient (Wildman–Crippen LogP) is 1.66. The number of anilines is 1. The average molecular weight is 326 g/mol. The minimum Gasteiger partial charge on any atom is -0.380 e. The van der Waals surface area contributed by atoms with Crippen LogP contribution in [0.4, 0.5) is 5.82 Å². The minimum atomic E-state index is -0.0522. The molecular formula is C15H20ClN3O3. The predicted molar refractivity (Wildman–Crippen MR) is 83.4 cm³/mol. The Morgan fingerprint density at radius 1 is 1.41 bits per heavy atom. The zero-order valence-corrected chi connectivity index (χ0v) is 13.4. The molecule has 0 atom stereocenters. The van der Waals surface area contributed by atoms with E-state index in [4.69, 9.17) is 21.1 Å². The Balaban J connectivity index is 1.64. The number of aromatic nitrogens is 1. The van der Waals surface area contributed by atoms with Gasteiger partial charge in [-0.2, -0.15) is 0 Å². The molecule has 0 bridgehead atoms. The van der Waals surface area contributed by atoms with Crippen LogP contribution in [-0.2, 0) is 9.47 Å². The van der Waals surface area contributed by atoms with Gasteiger partial charge in [-0.05, 0) is 6.07 Å². The summed E-state index contributed by atoms with van der Waals surface area (Å²) < 4.78 is 10.5. The van der Waals surface area contributed by atoms with Gasteiger partial charge in [0.25, 0.3) is 5.91 Å². The highest BCUT2D eigenvalue weighted by Gasteiger charge is 2.33. The SMILES string of the molecule is CC1(CNc2ncc(C(=O)N3CCOCC3)cc2Cl)COC1. The van der Waals surface area contributed by atoms with E-state index in [0.717, 1.165) is 19.8 Å². The van der Waals surface area contributed by atoms with Crippen LogP contribution in [0.3, 0.4) is 0 Å². The topological polar surface area (TPSA) is 63.7 Å². The van der Waals surface area contributed by atoms with E-state index in [9.17, 15) is 4.79 Å². The molecule has 1 N–H and O–H groups in total. The second-order valence-electron chi connectivity index (χ2n) is 6.12. The third-order valence-corrected chi connectivity index (χ3v) is 4.26. The van der Waals surface area contributed by atoms with Crippen LogP contribution in [-0.4, -0.2) is 61.9 Å². The van der Waals surface area contributed by atoms with Gasteiger partial charge in [0.05, 0.1) is 37.0 Å². The van der Waals surface area contributed by atoms with Crippen molar-refractivity contribution in [1.29, 1.82) is 0 Å². The molecule has 0 unspecified atom stereocenters. The number of hydrogen-bond acceptors (Lipinski definition) is 5. The zero-order valence-electron chi connectivity index (χ0n) is 12.6. The summed E-state index contributed by atoms with van der Waals surface area (Å²) in [4.78, 5) is 18.4. The molecule has 0 spiro atoms. The number of halogens is 1. The van der Waals surface area contributed by atoms with Crippen LogP contribution in [0.2, 0.25) is 5.02 Å². The number of pyridine rings is 1. The fourth-order valence-electron chi connectivity index (χ4n) is 2.48. The number of morpholine rings is 1. The average Bonchev–Trinajstić information content (AvgIpc) is 2.52. The molecule has 1 aromatic rings. The Bertz CT molecular complexity index is 557. The Kier molecular flexibility index (Phi) is 4.52. The first-order valence-electron chi connectivity index (χ1n) is 7.42. The van der Waals surface area contributed by atoms with Gasteiger partial charge in [-0.1, -0.05) is 18.5 Å². The van der Waals surface area contributed by atoms with Gasteiger partial charge < -0.3 is 19.7 Å². The second kappa shape index (κ2) is 6.40. The van der Waals surface area contributed by atoms with E-state index in [1.807, 2.05) is 0 Å². The zero-order chi connectivity index (χ0) is 15.6. The standard InChI is InChI=1S/C15H20ClN3O3/c1-15(9-22-10-15)8-18-13-12(16)6-11(7-17-13)14(20)19-2-4-21-5-3-19/h6-7H,2-5,8-10H2,1H3,(H,17,18). The maximum atomic E-state index is 12.4. The molecule has 6 nitrogen and oxygen atoms in total. The number of nitrogens with one attached hydrogen (secondary N) is 1. The molecule has 7 heteroatoms. The van der Waals surface area contributed by atoms with E-state index in [2.05, 4.69) is 17.2 Å². The van der Waals surface area contributed by atoms with E-state index in [-0.39, 0.29) is 11.3 Å². The maximum Gasteiger partial charge on any atom is 0.255 e. The summed E-state index contributed by atoms with van der Waals surface area (Å²) in [7, 11) is 0. The number of nitrogens with zero attached hydrogens (tertiary/aromatic N) is 2. The van der Waals surface area contributed by atoms with Gasteiger partial charge in [0.1, 0.15) is 5.82 Å². The monoisotopic (exact) mass is 325 g/mol. The summed E-state index contributed by atoms with van der Waals surface area (Å²) in [6.45, 7) is 6.74. The summed E-state index contributed by atoms with van der Waals surface area (Å²) in [5.74, 6) is 0.553. The third-order valence-electron chi connectivity index (χ3n) is 3.97. The lowest BCUT2D eigenvalue weighted by molar-refractivity contribution is -0.0924. The van der Waals surface area contributed by atoms with Crippen molar-refractivity contribution in [2.24, 2.45) is 5.41 Å². The third kappa shape index (κ3) is 3.34. The first-order chi connectivity index (χ1) is 10.6. The van der Waals surface area contributed by atoms with E-state index in [1.165, 1.54) is 0 Å². The molecular weight excluding hydrogens is 306 g/mol. The van der Waals surface area contributed by atoms with Gasteiger partial charge in [-0.15, -0.1) is 0 Å². The number of amides is 1. The summed E-state index contributed by atoms with van der Waals surface area (Å²) in [6.07, 6.45) is 1.58. The second-order valence-corrected chi connectivity index (χ2v) is 6.52. The van der Waals surface area contributed by atoms with Crippen molar-refractivity contribution in [3.05, 3.63) is 22.8 Å². The normalized spacial score (nSPS) is 20.4. The molecule has 0 aromatic carbocycles. The van der Waals surface area contributed by atoms with Gasteiger partial charge in [0.15, 0.2) is 0 Å². The fraction of sp³-hybridized carbons (Fsp3) is 0.600. The van der Waals surface area contributed by atoms with E-state index in [1.54, 1.807) is 17.2 Å². The van der Waals surface area contributed by atoms with Gasteiger partial charge in [0.2, 0.25) is 0 Å². The number of rotatable bonds is 4. The highest BCUT2D eigenvalue weighted by atomic mass is 35.5. The number of ether oxygens (including phenoxy) is 2. The van der Waals surface area contributed by atoms with Gasteiger partial charge in [-0.25, -0.2) is 4.98 Å². The van der Waals surface area contributed by atoms with Gasteiger partial charge in [0, 0.05) is 31.2 Å². The van der Waals surface area contributed by atoms with Gasteiger partial charge in [-0.3, -0.25) is 4.79 Å². The lowest BCUT2D eigenvalue weighted by Gasteiger charge is -2.38. The molecule has 2 aliphatic rings. The lowest BCUT2D eigenvalue weighted by Crippen LogP contribution is -2.45. The highest BCUT2D eigenvalue weighted by Crippen LogP contribution is 2.28. The molecule has 1 aromatic heterocycles. The summed E-state index contributed by atoms with van der Waals surface area (Å²) >= 11 is 6.25. The molecule has 0 aliphatic carbocycles. The van der Waals surface area contributed by atoms with Gasteiger partial charge >= 0.3 is 0 Å². The fourth-order valence-corrected chi connectivity index (χ4v) is 2.72. The maximum absolute atomic E-state index is 12.4. The molecule has 2 aliphatic heterocycles. The van der Waals surface area contributed by atoms with Crippen LogP contribution in [0.15, 0.2) is 12.3 Å². The van der Waals surface area contributed by atoms with Crippen molar-refractivity contribution >= 4 is 23.3 Å². The van der Waals surface area contributed by atoms with Crippen molar-refractivity contribution in [3.63, 3.8) is 0 Å². The molecule has 22 heavy (non-hydrogen) atoms.